The number of aromatic nitrogens is 1. The molecule has 0 spiro atoms. The summed E-state index contributed by atoms with van der Waals surface area (Å²) in [5.74, 6) is 0.540. The Kier molecular flexibility index (Phi) is 5.09. The molecule has 1 aliphatic rings. The second kappa shape index (κ2) is 7.26. The van der Waals surface area contributed by atoms with Gasteiger partial charge in [-0.15, -0.1) is 0 Å². The maximum absolute atomic E-state index is 12.3. The summed E-state index contributed by atoms with van der Waals surface area (Å²) in [6, 6.07) is 5.89. The van der Waals surface area contributed by atoms with Crippen molar-refractivity contribution in [3.63, 3.8) is 0 Å². The molecule has 0 atom stereocenters. The summed E-state index contributed by atoms with van der Waals surface area (Å²) >= 11 is 0. The normalized spacial score (nSPS) is 15.6. The highest BCUT2D eigenvalue weighted by molar-refractivity contribution is 6.06. The van der Waals surface area contributed by atoms with Crippen LogP contribution in [0.5, 0.6) is 5.75 Å². The molecule has 1 aromatic heterocycles. The summed E-state index contributed by atoms with van der Waals surface area (Å²) < 4.78 is 13.3. The fourth-order valence-electron chi connectivity index (χ4n) is 3.59. The third-order valence-electron chi connectivity index (χ3n) is 4.82. The fourth-order valence-corrected chi connectivity index (χ4v) is 3.59. The van der Waals surface area contributed by atoms with Crippen molar-refractivity contribution in [3.05, 3.63) is 29.5 Å². The molecule has 0 bridgehead atoms. The highest BCUT2D eigenvalue weighted by Gasteiger charge is 2.22. The molecule has 2 N–H and O–H groups in total. The van der Waals surface area contributed by atoms with Crippen molar-refractivity contribution in [1.29, 1.82) is 0 Å². The number of hydrogen-bond donors (Lipinski definition) is 1. The van der Waals surface area contributed by atoms with Gasteiger partial charge in [-0.1, -0.05) is 6.42 Å². The highest BCUT2D eigenvalue weighted by Crippen LogP contribution is 2.31. The molecule has 0 amide bonds. The van der Waals surface area contributed by atoms with Gasteiger partial charge in [0.2, 0.25) is 0 Å². The van der Waals surface area contributed by atoms with Crippen LogP contribution in [0, 0.1) is 0 Å². The zero-order valence-electron chi connectivity index (χ0n) is 14.5. The van der Waals surface area contributed by atoms with Gasteiger partial charge in [0.25, 0.3) is 0 Å². The Balaban J connectivity index is 1.97. The molecule has 5 nitrogen and oxygen atoms in total. The Morgan fingerprint density at radius 1 is 1.29 bits per heavy atom. The van der Waals surface area contributed by atoms with Crippen molar-refractivity contribution in [2.45, 2.75) is 51.7 Å². The van der Waals surface area contributed by atoms with E-state index in [4.69, 9.17) is 15.2 Å². The maximum atomic E-state index is 12.3. The van der Waals surface area contributed by atoms with Crippen LogP contribution in [0.4, 0.5) is 0 Å². The van der Waals surface area contributed by atoms with Crippen molar-refractivity contribution in [2.75, 3.05) is 6.61 Å². The minimum atomic E-state index is -0.315. The first-order chi connectivity index (χ1) is 11.7. The molecule has 0 saturated heterocycles. The van der Waals surface area contributed by atoms with Gasteiger partial charge in [0.15, 0.2) is 0 Å². The molecule has 5 heteroatoms. The Labute approximate surface area is 142 Å². The maximum Gasteiger partial charge on any atom is 0.340 e. The van der Waals surface area contributed by atoms with Crippen molar-refractivity contribution < 1.29 is 14.3 Å². The molecule has 2 aromatic rings. The SMILES string of the molecule is CCOC(=O)c1c(CN)n(C)c2cc(OC3CCCCC3)ccc12. The van der Waals surface area contributed by atoms with Crippen molar-refractivity contribution in [1.82, 2.24) is 4.57 Å². The number of benzene rings is 1. The predicted octanol–water partition coefficient (Wildman–Crippen LogP) is 3.53. The zero-order valence-corrected chi connectivity index (χ0v) is 14.5. The summed E-state index contributed by atoms with van der Waals surface area (Å²) in [6.45, 7) is 2.45. The van der Waals surface area contributed by atoms with E-state index in [1.54, 1.807) is 6.92 Å². The predicted molar refractivity (Wildman–Crippen MR) is 94.3 cm³/mol. The minimum absolute atomic E-state index is 0.290. The van der Waals surface area contributed by atoms with Gasteiger partial charge in [0.05, 0.1) is 23.8 Å². The van der Waals surface area contributed by atoms with E-state index in [9.17, 15) is 4.79 Å². The second-order valence-electron chi connectivity index (χ2n) is 6.36. The second-order valence-corrected chi connectivity index (χ2v) is 6.36. The van der Waals surface area contributed by atoms with Gasteiger partial charge in [-0.25, -0.2) is 4.79 Å². The lowest BCUT2D eigenvalue weighted by molar-refractivity contribution is 0.0527. The van der Waals surface area contributed by atoms with E-state index in [2.05, 4.69) is 0 Å². The van der Waals surface area contributed by atoms with Gasteiger partial charge in [0.1, 0.15) is 5.75 Å². The molecule has 1 aliphatic carbocycles. The first-order valence-corrected chi connectivity index (χ1v) is 8.80. The van der Waals surface area contributed by atoms with E-state index in [-0.39, 0.29) is 12.5 Å². The molecular weight excluding hydrogens is 304 g/mol. The van der Waals surface area contributed by atoms with Gasteiger partial charge >= 0.3 is 5.97 Å². The van der Waals surface area contributed by atoms with Gasteiger partial charge in [-0.05, 0) is 44.7 Å². The smallest absolute Gasteiger partial charge is 0.340 e. The Morgan fingerprint density at radius 3 is 2.71 bits per heavy atom. The number of rotatable bonds is 5. The number of esters is 1. The van der Waals surface area contributed by atoms with E-state index in [0.717, 1.165) is 35.2 Å². The van der Waals surface area contributed by atoms with E-state index in [1.165, 1.54) is 19.3 Å². The van der Waals surface area contributed by atoms with Crippen molar-refractivity contribution in [2.24, 2.45) is 12.8 Å². The average molecular weight is 330 g/mol. The Hall–Kier alpha value is -2.01. The molecule has 130 valence electrons. The summed E-state index contributed by atoms with van der Waals surface area (Å²) in [6.07, 6.45) is 6.32. The average Bonchev–Trinajstić information content (AvgIpc) is 2.88. The van der Waals surface area contributed by atoms with Crippen LogP contribution in [0.15, 0.2) is 18.2 Å². The van der Waals surface area contributed by atoms with E-state index >= 15 is 0 Å². The standard InChI is InChI=1S/C19H26N2O3/c1-3-23-19(22)18-15-10-9-14(24-13-7-5-4-6-8-13)11-16(15)21(2)17(18)12-20/h9-11,13H,3-8,12,20H2,1-2H3. The van der Waals surface area contributed by atoms with Crippen molar-refractivity contribution >= 4 is 16.9 Å². The summed E-state index contributed by atoms with van der Waals surface area (Å²) in [5, 5.41) is 0.868. The number of fused-ring (bicyclic) bond motifs is 1. The highest BCUT2D eigenvalue weighted by atomic mass is 16.5. The first kappa shape index (κ1) is 16.8. The van der Waals surface area contributed by atoms with Gasteiger partial charge in [0, 0.05) is 30.7 Å². The van der Waals surface area contributed by atoms with E-state index in [0.29, 0.717) is 18.3 Å². The number of nitrogens with zero attached hydrogens (tertiary/aromatic N) is 1. The summed E-state index contributed by atoms with van der Waals surface area (Å²) in [7, 11) is 1.93. The summed E-state index contributed by atoms with van der Waals surface area (Å²) in [5.41, 5.74) is 8.19. The van der Waals surface area contributed by atoms with E-state index in [1.807, 2.05) is 29.8 Å². The Morgan fingerprint density at radius 2 is 2.04 bits per heavy atom. The summed E-state index contributed by atoms with van der Waals surface area (Å²) in [4.78, 5) is 12.3. The molecule has 3 rings (SSSR count). The first-order valence-electron chi connectivity index (χ1n) is 8.80. The van der Waals surface area contributed by atoms with Gasteiger partial charge in [-0.3, -0.25) is 0 Å². The number of carbonyl (C=O) groups is 1. The quantitative estimate of drug-likeness (QED) is 0.852. The molecule has 1 heterocycles. The lowest BCUT2D eigenvalue weighted by Gasteiger charge is -2.23. The molecule has 0 unspecified atom stereocenters. The number of carbonyl (C=O) groups excluding carboxylic acids is 1. The fraction of sp³-hybridized carbons (Fsp3) is 0.526. The molecule has 0 radical (unpaired) electrons. The van der Waals surface area contributed by atoms with Crippen LogP contribution in [0.1, 0.15) is 55.1 Å². The molecule has 1 aromatic carbocycles. The van der Waals surface area contributed by atoms with Crippen LogP contribution in [0.25, 0.3) is 10.9 Å². The minimum Gasteiger partial charge on any atom is -0.490 e. The number of ether oxygens (including phenoxy) is 2. The lowest BCUT2D eigenvalue weighted by atomic mass is 9.98. The molecule has 1 saturated carbocycles. The molecular formula is C19H26N2O3. The van der Waals surface area contributed by atoms with Crippen LogP contribution in [-0.4, -0.2) is 23.2 Å². The monoisotopic (exact) mass is 330 g/mol. The third-order valence-corrected chi connectivity index (χ3v) is 4.82. The Bertz CT molecular complexity index is 730. The number of nitrogens with two attached hydrogens (primary N) is 1. The van der Waals surface area contributed by atoms with Crippen LogP contribution >= 0.6 is 0 Å². The molecule has 0 aliphatic heterocycles. The van der Waals surface area contributed by atoms with Crippen LogP contribution in [0.3, 0.4) is 0 Å². The molecule has 1 fully saturated rings. The third kappa shape index (κ3) is 3.13. The van der Waals surface area contributed by atoms with E-state index < -0.39 is 0 Å². The molecule has 24 heavy (non-hydrogen) atoms. The topological polar surface area (TPSA) is 66.5 Å². The largest absolute Gasteiger partial charge is 0.490 e. The van der Waals surface area contributed by atoms with Crippen LogP contribution in [0.2, 0.25) is 0 Å². The van der Waals surface area contributed by atoms with Crippen molar-refractivity contribution in [3.8, 4) is 5.75 Å². The van der Waals surface area contributed by atoms with Crippen LogP contribution in [-0.2, 0) is 18.3 Å². The van der Waals surface area contributed by atoms with Gasteiger partial charge in [-0.2, -0.15) is 0 Å². The lowest BCUT2D eigenvalue weighted by Crippen LogP contribution is -2.19. The zero-order chi connectivity index (χ0) is 17.1. The number of aryl methyl sites for hydroxylation is 1. The van der Waals surface area contributed by atoms with Crippen LogP contribution < -0.4 is 10.5 Å². The number of hydrogen-bond acceptors (Lipinski definition) is 4. The van der Waals surface area contributed by atoms with Gasteiger partial charge < -0.3 is 19.8 Å².